The van der Waals surface area contributed by atoms with Crippen LogP contribution < -0.4 is 10.9 Å². The average molecular weight is 419 g/mol. The third-order valence-corrected chi connectivity index (χ3v) is 4.92. The zero-order chi connectivity index (χ0) is 20.3. The van der Waals surface area contributed by atoms with Crippen LogP contribution in [-0.2, 0) is 0 Å². The molecule has 0 unspecified atom stereocenters. The summed E-state index contributed by atoms with van der Waals surface area (Å²) in [5.41, 5.74) is 5.32. The molecule has 0 bridgehead atoms. The molecule has 0 saturated carbocycles. The molecule has 3 aromatic carbocycles. The van der Waals surface area contributed by atoms with Crippen LogP contribution in [0, 0.1) is 0 Å². The Hall–Kier alpha value is -2.75. The van der Waals surface area contributed by atoms with Crippen LogP contribution in [0.3, 0.4) is 0 Å². The van der Waals surface area contributed by atoms with Gasteiger partial charge < -0.3 is 4.57 Å². The van der Waals surface area contributed by atoms with E-state index >= 15 is 0 Å². The SMILES string of the molecule is ClC=CCB(c1ccccc1)c1ccccc1.Clc1ccc(-n2ccnc2)cc1. The molecule has 0 aliphatic rings. The molecule has 0 N–H and O–H groups in total. The van der Waals surface area contributed by atoms with Crippen molar-refractivity contribution in [2.24, 2.45) is 0 Å². The minimum absolute atomic E-state index is 0.382. The molecule has 29 heavy (non-hydrogen) atoms. The van der Waals surface area contributed by atoms with E-state index in [0.717, 1.165) is 17.0 Å². The van der Waals surface area contributed by atoms with E-state index in [-0.39, 0.29) is 0 Å². The highest BCUT2D eigenvalue weighted by Gasteiger charge is 2.16. The van der Waals surface area contributed by atoms with Crippen LogP contribution in [0.2, 0.25) is 11.3 Å². The molecule has 0 fully saturated rings. The lowest BCUT2D eigenvalue weighted by atomic mass is 9.39. The van der Waals surface area contributed by atoms with Gasteiger partial charge in [0.2, 0.25) is 6.71 Å². The van der Waals surface area contributed by atoms with Crippen molar-refractivity contribution in [1.29, 1.82) is 0 Å². The van der Waals surface area contributed by atoms with E-state index in [9.17, 15) is 0 Å². The quantitative estimate of drug-likeness (QED) is 0.387. The molecule has 5 heteroatoms. The van der Waals surface area contributed by atoms with Gasteiger partial charge in [0, 0.05) is 23.1 Å². The third-order valence-electron chi connectivity index (χ3n) is 4.49. The zero-order valence-corrected chi connectivity index (χ0v) is 17.4. The first-order valence-electron chi connectivity index (χ1n) is 9.37. The summed E-state index contributed by atoms with van der Waals surface area (Å²) < 4.78 is 1.93. The Labute approximate surface area is 182 Å². The van der Waals surface area contributed by atoms with Crippen LogP contribution in [0.15, 0.2) is 115 Å². The van der Waals surface area contributed by atoms with Gasteiger partial charge in [0.25, 0.3) is 0 Å². The molecule has 1 heterocycles. The second-order valence-electron chi connectivity index (χ2n) is 6.42. The van der Waals surface area contributed by atoms with Crippen molar-refractivity contribution in [3.8, 4) is 5.69 Å². The van der Waals surface area contributed by atoms with Crippen molar-refractivity contribution in [1.82, 2.24) is 9.55 Å². The monoisotopic (exact) mass is 418 g/mol. The Morgan fingerprint density at radius 1 is 0.828 bits per heavy atom. The fourth-order valence-electron chi connectivity index (χ4n) is 3.05. The molecule has 0 aliphatic heterocycles. The molecular formula is C24H21BCl2N2. The van der Waals surface area contributed by atoms with E-state index in [1.165, 1.54) is 10.9 Å². The van der Waals surface area contributed by atoms with E-state index in [2.05, 4.69) is 53.5 Å². The summed E-state index contributed by atoms with van der Waals surface area (Å²) in [5.74, 6) is 0. The number of hydrogen-bond acceptors (Lipinski definition) is 1. The summed E-state index contributed by atoms with van der Waals surface area (Å²) in [4.78, 5) is 3.95. The van der Waals surface area contributed by atoms with Crippen molar-refractivity contribution in [2.75, 3.05) is 0 Å². The molecule has 0 aliphatic carbocycles. The summed E-state index contributed by atoms with van der Waals surface area (Å²) in [6.45, 7) is 0.382. The predicted molar refractivity (Wildman–Crippen MR) is 126 cm³/mol. The molecule has 0 amide bonds. The van der Waals surface area contributed by atoms with Crippen LogP contribution >= 0.6 is 23.2 Å². The summed E-state index contributed by atoms with van der Waals surface area (Å²) >= 11 is 11.4. The van der Waals surface area contributed by atoms with E-state index < -0.39 is 0 Å². The minimum Gasteiger partial charge on any atom is -0.306 e. The lowest BCUT2D eigenvalue weighted by Gasteiger charge is -2.12. The van der Waals surface area contributed by atoms with Crippen molar-refractivity contribution < 1.29 is 0 Å². The molecular weight excluding hydrogens is 398 g/mol. The van der Waals surface area contributed by atoms with Gasteiger partial charge in [-0.2, -0.15) is 0 Å². The van der Waals surface area contributed by atoms with Crippen molar-refractivity contribution >= 4 is 40.8 Å². The highest BCUT2D eigenvalue weighted by molar-refractivity contribution is 6.85. The number of rotatable bonds is 5. The average Bonchev–Trinajstić information content (AvgIpc) is 3.32. The van der Waals surface area contributed by atoms with E-state index in [1.807, 2.05) is 53.2 Å². The molecule has 0 radical (unpaired) electrons. The molecule has 0 saturated heterocycles. The smallest absolute Gasteiger partial charge is 0.213 e. The largest absolute Gasteiger partial charge is 0.306 e. The standard InChI is InChI=1S/C15H14BCl.C9H7ClN2/c17-13-7-12-16(14-8-3-1-4-9-14)15-10-5-2-6-11-15;10-8-1-3-9(4-2-8)12-6-5-11-7-12/h1-11,13H,12H2;1-7H. The molecule has 4 rings (SSSR count). The van der Waals surface area contributed by atoms with Gasteiger partial charge in [-0.3, -0.25) is 0 Å². The summed E-state index contributed by atoms with van der Waals surface area (Å²) in [6, 6.07) is 28.7. The first-order valence-corrected chi connectivity index (χ1v) is 10.2. The van der Waals surface area contributed by atoms with Gasteiger partial charge in [-0.15, -0.1) is 0 Å². The van der Waals surface area contributed by atoms with E-state index in [0.29, 0.717) is 6.71 Å². The van der Waals surface area contributed by atoms with Gasteiger partial charge in [-0.05, 0) is 36.1 Å². The van der Waals surface area contributed by atoms with Crippen LogP contribution in [0.1, 0.15) is 0 Å². The van der Waals surface area contributed by atoms with Gasteiger partial charge in [0.05, 0.1) is 6.33 Å². The van der Waals surface area contributed by atoms with E-state index in [4.69, 9.17) is 23.2 Å². The number of aromatic nitrogens is 2. The first kappa shape index (κ1) is 21.0. The van der Waals surface area contributed by atoms with Crippen molar-refractivity contribution in [2.45, 2.75) is 6.32 Å². The maximum atomic E-state index is 5.75. The van der Waals surface area contributed by atoms with Gasteiger partial charge in [0.15, 0.2) is 0 Å². The van der Waals surface area contributed by atoms with Crippen molar-refractivity contribution in [3.63, 3.8) is 0 Å². The number of imidazole rings is 1. The van der Waals surface area contributed by atoms with Crippen LogP contribution in [0.25, 0.3) is 5.69 Å². The number of benzene rings is 3. The van der Waals surface area contributed by atoms with Gasteiger partial charge in [-0.25, -0.2) is 4.98 Å². The summed E-state index contributed by atoms with van der Waals surface area (Å²) in [6.07, 6.45) is 8.32. The second-order valence-corrected chi connectivity index (χ2v) is 7.11. The lowest BCUT2D eigenvalue weighted by Crippen LogP contribution is -2.41. The molecule has 0 spiro atoms. The van der Waals surface area contributed by atoms with Crippen LogP contribution in [0.4, 0.5) is 0 Å². The van der Waals surface area contributed by atoms with Gasteiger partial charge in [-0.1, -0.05) is 101 Å². The van der Waals surface area contributed by atoms with Gasteiger partial charge >= 0.3 is 0 Å². The molecule has 4 aromatic rings. The maximum absolute atomic E-state index is 5.75. The molecule has 1 aromatic heterocycles. The lowest BCUT2D eigenvalue weighted by molar-refractivity contribution is 1.06. The molecule has 2 nitrogen and oxygen atoms in total. The maximum Gasteiger partial charge on any atom is 0.213 e. The minimum atomic E-state index is 0.382. The highest BCUT2D eigenvalue weighted by atomic mass is 35.5. The summed E-state index contributed by atoms with van der Waals surface area (Å²) in [5, 5.41) is 0.749. The topological polar surface area (TPSA) is 17.8 Å². The Balaban J connectivity index is 0.000000176. The molecule has 144 valence electrons. The third kappa shape index (κ3) is 6.38. The van der Waals surface area contributed by atoms with Crippen LogP contribution in [0.5, 0.6) is 0 Å². The Morgan fingerprint density at radius 2 is 1.41 bits per heavy atom. The predicted octanol–water partition coefficient (Wildman–Crippen LogP) is 5.57. The number of allylic oxidation sites excluding steroid dienone is 1. The first-order chi connectivity index (χ1) is 14.3. The van der Waals surface area contributed by atoms with E-state index in [1.54, 1.807) is 18.1 Å². The fraction of sp³-hybridized carbons (Fsp3) is 0.0417. The second kappa shape index (κ2) is 11.3. The Bertz CT molecular complexity index is 947. The van der Waals surface area contributed by atoms with Crippen LogP contribution in [-0.4, -0.2) is 16.3 Å². The zero-order valence-electron chi connectivity index (χ0n) is 15.9. The number of nitrogens with zero attached hydrogens (tertiary/aromatic N) is 2. The Kier molecular flexibility index (Phi) is 8.18. The fourth-order valence-corrected chi connectivity index (χ4v) is 3.28. The number of hydrogen-bond donors (Lipinski definition) is 0. The highest BCUT2D eigenvalue weighted by Crippen LogP contribution is 2.12. The Morgan fingerprint density at radius 3 is 1.90 bits per heavy atom. The molecule has 0 atom stereocenters. The number of halogens is 2. The van der Waals surface area contributed by atoms with Crippen molar-refractivity contribution in [3.05, 3.63) is 120 Å². The normalized spacial score (nSPS) is 10.4. The summed E-state index contributed by atoms with van der Waals surface area (Å²) in [7, 11) is 0. The van der Waals surface area contributed by atoms with Gasteiger partial charge in [0.1, 0.15) is 0 Å².